The minimum absolute atomic E-state index is 0.157. The summed E-state index contributed by atoms with van der Waals surface area (Å²) >= 11 is 0. The van der Waals surface area contributed by atoms with Crippen molar-refractivity contribution in [1.82, 2.24) is 20.1 Å². The van der Waals surface area contributed by atoms with Crippen LogP contribution in [-0.4, -0.2) is 62.3 Å². The van der Waals surface area contributed by atoms with Gasteiger partial charge in [-0.1, -0.05) is 6.07 Å². The fourth-order valence-corrected chi connectivity index (χ4v) is 5.18. The third-order valence-electron chi connectivity index (χ3n) is 7.13. The Morgan fingerprint density at radius 1 is 1.21 bits per heavy atom. The zero-order chi connectivity index (χ0) is 24.0. The Bertz CT molecular complexity index is 1170. The molecule has 8 nitrogen and oxygen atoms in total. The minimum atomic E-state index is -0.690. The predicted molar refractivity (Wildman–Crippen MR) is 121 cm³/mol. The number of imide groups is 1. The van der Waals surface area contributed by atoms with Crippen LogP contribution >= 0.6 is 0 Å². The summed E-state index contributed by atoms with van der Waals surface area (Å²) in [4.78, 5) is 44.5. The third-order valence-corrected chi connectivity index (χ3v) is 7.13. The fourth-order valence-electron chi connectivity index (χ4n) is 5.18. The highest BCUT2D eigenvalue weighted by atomic mass is 19.1. The molecular formula is C25H27FN4O4. The van der Waals surface area contributed by atoms with E-state index in [1.165, 1.54) is 4.90 Å². The molecule has 2 aromatic rings. The molecule has 2 fully saturated rings. The average molecular weight is 467 g/mol. The summed E-state index contributed by atoms with van der Waals surface area (Å²) in [6.07, 6.45) is 3.11. The second kappa shape index (κ2) is 8.88. The Kier molecular flexibility index (Phi) is 5.91. The molecule has 1 aromatic heterocycles. The van der Waals surface area contributed by atoms with E-state index in [1.54, 1.807) is 30.5 Å². The Labute approximate surface area is 196 Å². The van der Waals surface area contributed by atoms with Gasteiger partial charge in [0.25, 0.3) is 5.91 Å². The lowest BCUT2D eigenvalue weighted by Crippen LogP contribution is -2.52. The summed E-state index contributed by atoms with van der Waals surface area (Å²) in [6, 6.07) is 6.24. The van der Waals surface area contributed by atoms with Crippen LogP contribution in [0.3, 0.4) is 0 Å². The molecule has 3 unspecified atom stereocenters. The van der Waals surface area contributed by atoms with Crippen LogP contribution in [0.4, 0.5) is 4.39 Å². The molecule has 3 amide bonds. The van der Waals surface area contributed by atoms with Crippen molar-refractivity contribution in [3.05, 3.63) is 53.0 Å². The van der Waals surface area contributed by atoms with Crippen molar-refractivity contribution in [2.45, 2.75) is 63.9 Å². The van der Waals surface area contributed by atoms with Gasteiger partial charge in [0.05, 0.1) is 6.10 Å². The smallest absolute Gasteiger partial charge is 0.255 e. The van der Waals surface area contributed by atoms with E-state index in [0.29, 0.717) is 54.6 Å². The summed E-state index contributed by atoms with van der Waals surface area (Å²) in [7, 11) is 0. The molecule has 0 aliphatic carbocycles. The number of aromatic nitrogens is 1. The number of carbonyl (C=O) groups is 3. The third kappa shape index (κ3) is 4.10. The summed E-state index contributed by atoms with van der Waals surface area (Å²) in [5.41, 5.74) is 2.51. The molecule has 5 rings (SSSR count). The van der Waals surface area contributed by atoms with Gasteiger partial charge < -0.3 is 10.0 Å². The number of likely N-dealkylation sites (tertiary alicyclic amines) is 1. The van der Waals surface area contributed by atoms with Crippen LogP contribution in [0.5, 0.6) is 0 Å². The first-order valence-corrected chi connectivity index (χ1v) is 11.6. The molecule has 4 heterocycles. The van der Waals surface area contributed by atoms with E-state index in [2.05, 4.69) is 15.2 Å². The van der Waals surface area contributed by atoms with Crippen LogP contribution in [0.1, 0.15) is 54.1 Å². The van der Waals surface area contributed by atoms with Gasteiger partial charge in [-0.15, -0.1) is 0 Å². The number of rotatable bonds is 4. The molecule has 0 bridgehead atoms. The van der Waals surface area contributed by atoms with Crippen molar-refractivity contribution < 1.29 is 23.9 Å². The quantitative estimate of drug-likeness (QED) is 0.669. The van der Waals surface area contributed by atoms with Gasteiger partial charge in [0.1, 0.15) is 11.7 Å². The van der Waals surface area contributed by atoms with Gasteiger partial charge in [0, 0.05) is 55.0 Å². The SMILES string of the molecule is CC1CC(O)CCN1Cc1ccnc(-c2ccc3c(c2)CN(C2CCC(=O)NC2=O)C3=O)c1F. The van der Waals surface area contributed by atoms with Gasteiger partial charge in [-0.25, -0.2) is 4.39 Å². The van der Waals surface area contributed by atoms with Crippen molar-refractivity contribution in [3.63, 3.8) is 0 Å². The lowest BCUT2D eigenvalue weighted by atomic mass is 9.99. The average Bonchev–Trinajstić information content (AvgIpc) is 3.12. The van der Waals surface area contributed by atoms with Crippen molar-refractivity contribution in [1.29, 1.82) is 0 Å². The number of piperidine rings is 2. The maximum Gasteiger partial charge on any atom is 0.255 e. The Morgan fingerprint density at radius 2 is 2.03 bits per heavy atom. The largest absolute Gasteiger partial charge is 0.393 e. The summed E-state index contributed by atoms with van der Waals surface area (Å²) < 4.78 is 15.5. The van der Waals surface area contributed by atoms with E-state index in [4.69, 9.17) is 0 Å². The van der Waals surface area contributed by atoms with Gasteiger partial charge >= 0.3 is 0 Å². The second-order valence-electron chi connectivity index (χ2n) is 9.40. The zero-order valence-electron chi connectivity index (χ0n) is 19.0. The van der Waals surface area contributed by atoms with E-state index >= 15 is 4.39 Å². The number of fused-ring (bicyclic) bond motifs is 1. The van der Waals surface area contributed by atoms with Gasteiger partial charge in [-0.2, -0.15) is 0 Å². The maximum absolute atomic E-state index is 15.5. The molecule has 3 aliphatic heterocycles. The summed E-state index contributed by atoms with van der Waals surface area (Å²) in [5.74, 6) is -1.45. The molecule has 3 atom stereocenters. The highest BCUT2D eigenvalue weighted by Gasteiger charge is 2.39. The first kappa shape index (κ1) is 22.6. The number of amides is 3. The van der Waals surface area contributed by atoms with Crippen LogP contribution in [0.2, 0.25) is 0 Å². The summed E-state index contributed by atoms with van der Waals surface area (Å²) in [5, 5.41) is 12.2. The monoisotopic (exact) mass is 466 g/mol. The molecule has 0 radical (unpaired) electrons. The molecule has 9 heteroatoms. The van der Waals surface area contributed by atoms with Crippen molar-refractivity contribution in [3.8, 4) is 11.3 Å². The standard InChI is InChI=1S/C25H27FN4O4/c1-14-10-18(31)7-9-29(14)12-16-6-8-27-23(22(16)26)15-2-3-19-17(11-15)13-30(25(19)34)20-4-5-21(32)28-24(20)33/h2-3,6,8,11,14,18,20,31H,4-5,7,9-10,12-13H2,1H3,(H,28,32,33). The van der Waals surface area contributed by atoms with Gasteiger partial charge in [-0.3, -0.25) is 29.6 Å². The molecule has 2 saturated heterocycles. The number of nitrogens with zero attached hydrogens (tertiary/aromatic N) is 3. The molecule has 3 aliphatic rings. The highest BCUT2D eigenvalue weighted by molar-refractivity contribution is 6.05. The van der Waals surface area contributed by atoms with E-state index in [1.807, 2.05) is 6.92 Å². The first-order chi connectivity index (χ1) is 16.3. The molecule has 0 saturated carbocycles. The van der Waals surface area contributed by atoms with Crippen molar-refractivity contribution in [2.75, 3.05) is 6.54 Å². The summed E-state index contributed by atoms with van der Waals surface area (Å²) in [6.45, 7) is 3.40. The van der Waals surface area contributed by atoms with Crippen LogP contribution in [0.25, 0.3) is 11.3 Å². The number of pyridine rings is 1. The number of hydrogen-bond donors (Lipinski definition) is 2. The second-order valence-corrected chi connectivity index (χ2v) is 9.40. The molecule has 1 aromatic carbocycles. The van der Waals surface area contributed by atoms with Crippen molar-refractivity contribution >= 4 is 17.7 Å². The van der Waals surface area contributed by atoms with Gasteiger partial charge in [0.15, 0.2) is 5.82 Å². The lowest BCUT2D eigenvalue weighted by Gasteiger charge is -2.35. The number of nitrogens with one attached hydrogen (secondary N) is 1. The molecule has 178 valence electrons. The molecule has 34 heavy (non-hydrogen) atoms. The van der Waals surface area contributed by atoms with Crippen molar-refractivity contribution in [2.24, 2.45) is 0 Å². The van der Waals surface area contributed by atoms with E-state index in [9.17, 15) is 19.5 Å². The Hall–Kier alpha value is -3.17. The van der Waals surface area contributed by atoms with E-state index in [-0.39, 0.29) is 42.6 Å². The van der Waals surface area contributed by atoms with Crippen LogP contribution < -0.4 is 5.32 Å². The number of hydrogen-bond acceptors (Lipinski definition) is 6. The number of benzene rings is 1. The van der Waals surface area contributed by atoms with Crippen LogP contribution in [0.15, 0.2) is 30.5 Å². The number of carbonyl (C=O) groups excluding carboxylic acids is 3. The molecule has 0 spiro atoms. The topological polar surface area (TPSA) is 103 Å². The predicted octanol–water partition coefficient (Wildman–Crippen LogP) is 1.99. The van der Waals surface area contributed by atoms with Crippen LogP contribution in [-0.2, 0) is 22.7 Å². The number of halogens is 1. The first-order valence-electron chi connectivity index (χ1n) is 11.6. The molecular weight excluding hydrogens is 439 g/mol. The highest BCUT2D eigenvalue weighted by Crippen LogP contribution is 2.32. The van der Waals surface area contributed by atoms with E-state index < -0.39 is 17.8 Å². The molecule has 2 N–H and O–H groups in total. The zero-order valence-corrected chi connectivity index (χ0v) is 19.0. The van der Waals surface area contributed by atoms with Gasteiger partial charge in [0.2, 0.25) is 11.8 Å². The normalized spacial score (nSPS) is 25.4. The fraction of sp³-hybridized carbons (Fsp3) is 0.440. The number of aliphatic hydroxyl groups is 1. The van der Waals surface area contributed by atoms with Crippen LogP contribution in [0, 0.1) is 5.82 Å². The maximum atomic E-state index is 15.5. The van der Waals surface area contributed by atoms with E-state index in [0.717, 1.165) is 0 Å². The number of aliphatic hydroxyl groups excluding tert-OH is 1. The van der Waals surface area contributed by atoms with Gasteiger partial charge in [-0.05, 0) is 49.9 Å². The minimum Gasteiger partial charge on any atom is -0.393 e. The Balaban J connectivity index is 1.38. The lowest BCUT2D eigenvalue weighted by molar-refractivity contribution is -0.136. The Morgan fingerprint density at radius 3 is 2.79 bits per heavy atom.